The molecule has 0 saturated heterocycles. The summed E-state index contributed by atoms with van der Waals surface area (Å²) < 4.78 is 7.69. The van der Waals surface area contributed by atoms with Crippen molar-refractivity contribution in [2.75, 3.05) is 0 Å². The average molecular weight is 488 g/mol. The van der Waals surface area contributed by atoms with E-state index in [1.807, 2.05) is 62.4 Å². The van der Waals surface area contributed by atoms with Gasteiger partial charge in [0.05, 0.1) is 11.8 Å². The Morgan fingerprint density at radius 1 is 0.784 bits per heavy atom. The molecule has 0 bridgehead atoms. The number of fused-ring (bicyclic) bond motifs is 1. The van der Waals surface area contributed by atoms with Crippen LogP contribution in [0, 0.1) is 13.8 Å². The second-order valence-electron chi connectivity index (χ2n) is 8.68. The van der Waals surface area contributed by atoms with Crippen molar-refractivity contribution in [2.24, 2.45) is 5.10 Å². The van der Waals surface area contributed by atoms with Gasteiger partial charge in [0, 0.05) is 22.6 Å². The van der Waals surface area contributed by atoms with E-state index < -0.39 is 5.97 Å². The molecule has 0 aliphatic carbocycles. The van der Waals surface area contributed by atoms with E-state index in [9.17, 15) is 9.59 Å². The number of benzene rings is 4. The predicted octanol–water partition coefficient (Wildman–Crippen LogP) is 6.23. The van der Waals surface area contributed by atoms with Crippen LogP contribution in [-0.2, 0) is 0 Å². The van der Waals surface area contributed by atoms with Crippen molar-refractivity contribution in [3.05, 3.63) is 131 Å². The molecule has 6 heteroatoms. The van der Waals surface area contributed by atoms with E-state index in [0.29, 0.717) is 16.9 Å². The molecule has 0 saturated carbocycles. The Balaban J connectivity index is 1.19. The van der Waals surface area contributed by atoms with Crippen molar-refractivity contribution in [1.82, 2.24) is 9.99 Å². The zero-order chi connectivity index (χ0) is 25.8. The zero-order valence-electron chi connectivity index (χ0n) is 20.5. The number of amides is 1. The van der Waals surface area contributed by atoms with Crippen LogP contribution in [0.4, 0.5) is 0 Å². The molecule has 182 valence electrons. The second-order valence-corrected chi connectivity index (χ2v) is 8.68. The fourth-order valence-corrected chi connectivity index (χ4v) is 4.25. The Labute approximate surface area is 214 Å². The molecule has 37 heavy (non-hydrogen) atoms. The Bertz CT molecular complexity index is 1590. The first-order chi connectivity index (χ1) is 18.0. The van der Waals surface area contributed by atoms with Crippen LogP contribution in [0.5, 0.6) is 5.75 Å². The summed E-state index contributed by atoms with van der Waals surface area (Å²) in [5, 5.41) is 5.88. The maximum Gasteiger partial charge on any atom is 0.344 e. The number of nitrogens with one attached hydrogen (secondary N) is 1. The largest absolute Gasteiger partial charge is 0.423 e. The number of esters is 1. The molecular formula is C31H25N3O3. The number of ether oxygens (including phenoxy) is 1. The maximum atomic E-state index is 12.7. The van der Waals surface area contributed by atoms with Crippen molar-refractivity contribution in [1.29, 1.82) is 0 Å². The van der Waals surface area contributed by atoms with Crippen LogP contribution in [-0.4, -0.2) is 22.7 Å². The highest BCUT2D eigenvalue weighted by Crippen LogP contribution is 2.21. The lowest BCUT2D eigenvalue weighted by molar-refractivity contribution is 0.0736. The number of hydrogen-bond donors (Lipinski definition) is 1. The normalized spacial score (nSPS) is 11.1. The van der Waals surface area contributed by atoms with Gasteiger partial charge in [-0.15, -0.1) is 0 Å². The van der Waals surface area contributed by atoms with Gasteiger partial charge in [-0.05, 0) is 96.9 Å². The number of rotatable bonds is 6. The van der Waals surface area contributed by atoms with Gasteiger partial charge in [0.25, 0.3) is 5.91 Å². The molecule has 5 aromatic rings. The molecule has 0 fully saturated rings. The van der Waals surface area contributed by atoms with Gasteiger partial charge in [-0.2, -0.15) is 5.10 Å². The Morgan fingerprint density at radius 3 is 2.19 bits per heavy atom. The van der Waals surface area contributed by atoms with Crippen LogP contribution in [0.15, 0.2) is 108 Å². The minimum absolute atomic E-state index is 0.301. The quantitative estimate of drug-likeness (QED) is 0.134. The number of carbonyl (C=O) groups is 2. The smallest absolute Gasteiger partial charge is 0.344 e. The van der Waals surface area contributed by atoms with Gasteiger partial charge in [-0.3, -0.25) is 4.79 Å². The molecule has 1 heterocycles. The summed E-state index contributed by atoms with van der Waals surface area (Å²) >= 11 is 0. The SMILES string of the molecule is Cc1ccc(C)n1-c1ccc(C(=O)NN=Cc2ccc(OC(=O)c3cccc4ccccc34)cc2)cc1. The lowest BCUT2D eigenvalue weighted by Crippen LogP contribution is -2.17. The molecule has 0 spiro atoms. The Kier molecular flexibility index (Phi) is 6.64. The monoisotopic (exact) mass is 487 g/mol. The van der Waals surface area contributed by atoms with Gasteiger partial charge in [-0.1, -0.05) is 36.4 Å². The topological polar surface area (TPSA) is 72.7 Å². The van der Waals surface area contributed by atoms with Crippen molar-refractivity contribution in [3.63, 3.8) is 0 Å². The Morgan fingerprint density at radius 2 is 1.46 bits per heavy atom. The maximum absolute atomic E-state index is 12.7. The van der Waals surface area contributed by atoms with Gasteiger partial charge in [0.15, 0.2) is 0 Å². The summed E-state index contributed by atoms with van der Waals surface area (Å²) in [4.78, 5) is 25.2. The van der Waals surface area contributed by atoms with Crippen LogP contribution in [0.2, 0.25) is 0 Å². The molecule has 1 aromatic heterocycles. The molecular weight excluding hydrogens is 462 g/mol. The highest BCUT2D eigenvalue weighted by Gasteiger charge is 2.12. The molecule has 4 aromatic carbocycles. The Hall–Kier alpha value is -4.97. The third kappa shape index (κ3) is 5.18. The van der Waals surface area contributed by atoms with E-state index in [2.05, 4.69) is 27.2 Å². The number of hydrogen-bond acceptors (Lipinski definition) is 4. The molecule has 0 aliphatic rings. The van der Waals surface area contributed by atoms with Crippen LogP contribution in [0.1, 0.15) is 37.7 Å². The summed E-state index contributed by atoms with van der Waals surface area (Å²) in [6, 6.07) is 31.6. The fraction of sp³-hybridized carbons (Fsp3) is 0.0645. The van der Waals surface area contributed by atoms with Gasteiger partial charge >= 0.3 is 5.97 Å². The molecule has 1 N–H and O–H groups in total. The standard InChI is InChI=1S/C31H25N3O3/c1-21-10-11-22(2)34(21)26-16-14-25(15-17-26)30(35)33-32-20-23-12-18-27(19-13-23)37-31(36)29-9-5-7-24-6-3-4-8-28(24)29/h3-20H,1-2H3,(H,33,35). The van der Waals surface area contributed by atoms with Crippen molar-refractivity contribution < 1.29 is 14.3 Å². The molecule has 0 unspecified atom stereocenters. The summed E-state index contributed by atoms with van der Waals surface area (Å²) in [6.45, 7) is 4.09. The first kappa shape index (κ1) is 23.8. The molecule has 6 nitrogen and oxygen atoms in total. The summed E-state index contributed by atoms with van der Waals surface area (Å²) in [5.74, 6) is -0.296. The molecule has 5 rings (SSSR count). The second kappa shape index (κ2) is 10.3. The van der Waals surface area contributed by atoms with E-state index in [1.54, 1.807) is 42.5 Å². The number of carbonyl (C=O) groups excluding carboxylic acids is 2. The highest BCUT2D eigenvalue weighted by atomic mass is 16.5. The minimum atomic E-state index is -0.418. The van der Waals surface area contributed by atoms with Crippen molar-refractivity contribution >= 4 is 28.9 Å². The zero-order valence-corrected chi connectivity index (χ0v) is 20.5. The van der Waals surface area contributed by atoms with Crippen molar-refractivity contribution in [2.45, 2.75) is 13.8 Å². The van der Waals surface area contributed by atoms with Crippen LogP contribution in [0.25, 0.3) is 16.5 Å². The minimum Gasteiger partial charge on any atom is -0.423 e. The van der Waals surface area contributed by atoms with Gasteiger partial charge < -0.3 is 9.30 Å². The van der Waals surface area contributed by atoms with Crippen LogP contribution < -0.4 is 10.2 Å². The van der Waals surface area contributed by atoms with Gasteiger partial charge in [-0.25, -0.2) is 10.2 Å². The highest BCUT2D eigenvalue weighted by molar-refractivity contribution is 6.05. The molecule has 0 aliphatic heterocycles. The fourth-order valence-electron chi connectivity index (χ4n) is 4.25. The van der Waals surface area contributed by atoms with Crippen molar-refractivity contribution in [3.8, 4) is 11.4 Å². The van der Waals surface area contributed by atoms with E-state index >= 15 is 0 Å². The van der Waals surface area contributed by atoms with E-state index in [1.165, 1.54) is 6.21 Å². The van der Waals surface area contributed by atoms with Crippen LogP contribution >= 0.6 is 0 Å². The van der Waals surface area contributed by atoms with E-state index in [4.69, 9.17) is 4.74 Å². The predicted molar refractivity (Wildman–Crippen MR) is 146 cm³/mol. The third-order valence-electron chi connectivity index (χ3n) is 6.14. The first-order valence-electron chi connectivity index (χ1n) is 11.9. The van der Waals surface area contributed by atoms with Gasteiger partial charge in [0.1, 0.15) is 5.75 Å². The van der Waals surface area contributed by atoms with Crippen LogP contribution in [0.3, 0.4) is 0 Å². The summed E-state index contributed by atoms with van der Waals surface area (Å²) in [7, 11) is 0. The molecule has 0 atom stereocenters. The number of aryl methyl sites for hydroxylation is 2. The van der Waals surface area contributed by atoms with E-state index in [-0.39, 0.29) is 5.91 Å². The molecule has 0 radical (unpaired) electrons. The molecule has 1 amide bonds. The lowest BCUT2D eigenvalue weighted by Gasteiger charge is -2.10. The number of aromatic nitrogens is 1. The summed E-state index contributed by atoms with van der Waals surface area (Å²) in [5.41, 5.74) is 7.59. The average Bonchev–Trinajstić information content (AvgIpc) is 3.26. The summed E-state index contributed by atoms with van der Waals surface area (Å²) in [6.07, 6.45) is 1.54. The van der Waals surface area contributed by atoms with Gasteiger partial charge in [0.2, 0.25) is 0 Å². The first-order valence-corrected chi connectivity index (χ1v) is 11.9. The lowest BCUT2D eigenvalue weighted by atomic mass is 10.0. The third-order valence-corrected chi connectivity index (χ3v) is 6.14. The number of nitrogens with zero attached hydrogens (tertiary/aromatic N) is 2. The van der Waals surface area contributed by atoms with E-state index in [0.717, 1.165) is 33.4 Å². The number of hydrazone groups is 1.